The first kappa shape index (κ1) is 51.9. The predicted molar refractivity (Wildman–Crippen MR) is 364 cm³/mol. The van der Waals surface area contributed by atoms with Gasteiger partial charge in [0.05, 0.1) is 0 Å². The lowest BCUT2D eigenvalue weighted by molar-refractivity contribution is 0.669. The SMILES string of the molecule is [B]c1c([B])c([B])c(-c2c3c([B])c([B])c([B])c([B])c3c(-c3cccc(-c4ccc5ccccc5c4-c4ccc(-c5c6ccccc6c(-c6ccc7oc8ccccc8c7c6)c6ccccc56)cc4)c3)c3c([B])c([B])c([B])c([B])c23)c([B])c1[B]. The van der Waals surface area contributed by atoms with Crippen molar-refractivity contribution in [1.82, 2.24) is 0 Å². The lowest BCUT2D eigenvalue weighted by atomic mass is 9.56. The minimum absolute atomic E-state index is 0.000328. The van der Waals surface area contributed by atoms with Crippen molar-refractivity contribution >= 4 is 249 Å². The van der Waals surface area contributed by atoms with E-state index in [1.165, 1.54) is 5.56 Å². The molecule has 0 aliphatic heterocycles. The van der Waals surface area contributed by atoms with Crippen LogP contribution in [-0.4, -0.2) is 102 Å². The van der Waals surface area contributed by atoms with Crippen molar-refractivity contribution in [2.24, 2.45) is 0 Å². The maximum atomic E-state index is 7.15. The fourth-order valence-electron chi connectivity index (χ4n) is 12.7. The second-order valence-electron chi connectivity index (χ2n) is 21.0. The Hall–Kier alpha value is -8.20. The van der Waals surface area contributed by atoms with Crippen LogP contribution in [0.1, 0.15) is 0 Å². The molecule has 1 heterocycles. The Balaban J connectivity index is 0.981. The highest BCUT2D eigenvalue weighted by Gasteiger charge is 2.28. The number of para-hydroxylation sites is 1. The maximum absolute atomic E-state index is 7.15. The number of hydrogen-bond donors (Lipinski definition) is 0. The van der Waals surface area contributed by atoms with Crippen LogP contribution in [0.25, 0.3) is 143 Å². The molecule has 14 heteroatoms. The van der Waals surface area contributed by atoms with Gasteiger partial charge in [-0.05, 0) is 145 Å². The first-order valence-corrected chi connectivity index (χ1v) is 26.5. The van der Waals surface area contributed by atoms with E-state index in [-0.39, 0.29) is 82.1 Å². The summed E-state index contributed by atoms with van der Waals surface area (Å²) in [5.74, 6) is 0. The Morgan fingerprint density at radius 3 is 1.15 bits per heavy atom. The zero-order chi connectivity index (χ0) is 56.7. The Labute approximate surface area is 492 Å². The van der Waals surface area contributed by atoms with Crippen LogP contribution in [0.3, 0.4) is 0 Å². The highest BCUT2D eigenvalue weighted by molar-refractivity contribution is 6.73. The Morgan fingerprint density at radius 2 is 0.598 bits per heavy atom. The fourth-order valence-corrected chi connectivity index (χ4v) is 12.7. The normalized spacial score (nSPS) is 11.8. The number of benzene rings is 13. The van der Waals surface area contributed by atoms with Crippen LogP contribution >= 0.6 is 0 Å². The summed E-state index contributed by atoms with van der Waals surface area (Å²) in [5, 5.41) is 10.2. The summed E-state index contributed by atoms with van der Waals surface area (Å²) < 4.78 is 6.26. The lowest BCUT2D eigenvalue weighted by Gasteiger charge is -2.31. The van der Waals surface area contributed by atoms with Crippen molar-refractivity contribution in [2.75, 3.05) is 0 Å². The van der Waals surface area contributed by atoms with Gasteiger partial charge in [0.2, 0.25) is 0 Å². The molecular formula is C68H29B13O. The molecule has 0 atom stereocenters. The van der Waals surface area contributed by atoms with Gasteiger partial charge in [0.1, 0.15) is 113 Å². The molecule has 346 valence electrons. The predicted octanol–water partition coefficient (Wildman–Crippen LogP) is 3.67. The Morgan fingerprint density at radius 1 is 0.207 bits per heavy atom. The van der Waals surface area contributed by atoms with E-state index in [1.54, 1.807) is 0 Å². The summed E-state index contributed by atoms with van der Waals surface area (Å²) >= 11 is 0. The summed E-state index contributed by atoms with van der Waals surface area (Å²) in [6.07, 6.45) is 0. The van der Waals surface area contributed by atoms with Crippen molar-refractivity contribution in [2.45, 2.75) is 0 Å². The monoisotopic (exact) mass is 1000 g/mol. The molecule has 0 aliphatic carbocycles. The molecule has 0 N–H and O–H groups in total. The van der Waals surface area contributed by atoms with E-state index in [9.17, 15) is 0 Å². The van der Waals surface area contributed by atoms with E-state index >= 15 is 0 Å². The first-order valence-electron chi connectivity index (χ1n) is 26.5. The highest BCUT2D eigenvalue weighted by Crippen LogP contribution is 2.47. The molecule has 14 rings (SSSR count). The minimum Gasteiger partial charge on any atom is -0.456 e. The quantitative estimate of drug-likeness (QED) is 0.184. The molecule has 0 bridgehead atoms. The Bertz CT molecular complexity index is 4980. The molecule has 26 radical (unpaired) electrons. The zero-order valence-corrected chi connectivity index (χ0v) is 44.2. The van der Waals surface area contributed by atoms with Gasteiger partial charge in [0.15, 0.2) is 0 Å². The molecule has 0 fully saturated rings. The van der Waals surface area contributed by atoms with E-state index in [0.717, 1.165) is 93.2 Å². The van der Waals surface area contributed by atoms with E-state index in [4.69, 9.17) is 106 Å². The van der Waals surface area contributed by atoms with E-state index in [0.29, 0.717) is 32.7 Å². The summed E-state index contributed by atoms with van der Waals surface area (Å²) in [5.41, 5.74) is 12.0. The summed E-state index contributed by atoms with van der Waals surface area (Å²) in [6.45, 7) is 0. The third-order valence-electron chi connectivity index (χ3n) is 16.7. The summed E-state index contributed by atoms with van der Waals surface area (Å²) in [6, 6.07) is 61.6. The van der Waals surface area contributed by atoms with Crippen molar-refractivity contribution < 1.29 is 4.42 Å². The fraction of sp³-hybridized carbons (Fsp3) is 0. The molecule has 82 heavy (non-hydrogen) atoms. The van der Waals surface area contributed by atoms with Gasteiger partial charge < -0.3 is 4.42 Å². The van der Waals surface area contributed by atoms with Gasteiger partial charge in [-0.3, -0.25) is 0 Å². The standard InChI is InChI=1S/C68H29B13O/c69-56-51-49(52-54(59(72)65(78)63(76)57(52)70)50(53(51)58(71)64(77)62(56)75)55-60(73)66(79)68(81)67(80)61(55)74)34-12-9-11-33(28-34)37-26-24-30-10-1-2-13-36(30)46(37)31-20-22-32(23-21-31)47-39-15-3-5-17-41(39)48(42-18-6-4-16-40(42)47)35-25-27-45-43(29-35)38-14-7-8-19-44(38)82-45/h1-29H. The second kappa shape index (κ2) is 19.5. The number of rotatable bonds is 6. The molecule has 1 nitrogen and oxygen atoms in total. The first-order chi connectivity index (χ1) is 39.6. The molecule has 0 unspecified atom stereocenters. The molecule has 14 aromatic rings. The van der Waals surface area contributed by atoms with Crippen LogP contribution in [0.5, 0.6) is 0 Å². The van der Waals surface area contributed by atoms with E-state index < -0.39 is 0 Å². The topological polar surface area (TPSA) is 13.1 Å². The second-order valence-corrected chi connectivity index (χ2v) is 21.0. The van der Waals surface area contributed by atoms with E-state index in [2.05, 4.69) is 146 Å². The number of hydrogen-bond acceptors (Lipinski definition) is 1. The molecule has 0 saturated carbocycles. The van der Waals surface area contributed by atoms with Crippen molar-refractivity contribution in [3.8, 4) is 66.8 Å². The largest absolute Gasteiger partial charge is 0.456 e. The summed E-state index contributed by atoms with van der Waals surface area (Å²) in [7, 11) is 88.5. The minimum atomic E-state index is -0.0176. The third-order valence-corrected chi connectivity index (χ3v) is 16.7. The van der Waals surface area contributed by atoms with E-state index in [1.807, 2.05) is 30.3 Å². The van der Waals surface area contributed by atoms with Gasteiger partial charge >= 0.3 is 0 Å². The van der Waals surface area contributed by atoms with Crippen LogP contribution in [0.4, 0.5) is 0 Å². The van der Waals surface area contributed by atoms with Crippen LogP contribution in [0.15, 0.2) is 180 Å². The van der Waals surface area contributed by atoms with Crippen LogP contribution in [-0.2, 0) is 0 Å². The summed E-state index contributed by atoms with van der Waals surface area (Å²) in [4.78, 5) is 0. The maximum Gasteiger partial charge on any atom is 0.135 e. The lowest BCUT2D eigenvalue weighted by Crippen LogP contribution is -2.55. The van der Waals surface area contributed by atoms with Gasteiger partial charge in [-0.25, -0.2) is 0 Å². The Kier molecular flexibility index (Phi) is 12.3. The molecular weight excluding hydrogens is 973 g/mol. The van der Waals surface area contributed by atoms with Crippen molar-refractivity contribution in [3.05, 3.63) is 176 Å². The van der Waals surface area contributed by atoms with Gasteiger partial charge in [-0.2, -0.15) is 0 Å². The molecule has 0 saturated heterocycles. The third kappa shape index (κ3) is 7.59. The van der Waals surface area contributed by atoms with Crippen molar-refractivity contribution in [1.29, 1.82) is 0 Å². The average Bonchev–Trinajstić information content (AvgIpc) is 4.10. The van der Waals surface area contributed by atoms with Gasteiger partial charge in [-0.15, -0.1) is 38.2 Å². The van der Waals surface area contributed by atoms with Crippen LogP contribution in [0.2, 0.25) is 0 Å². The van der Waals surface area contributed by atoms with Crippen molar-refractivity contribution in [3.63, 3.8) is 0 Å². The molecule has 13 aromatic carbocycles. The molecule has 0 aliphatic rings. The average molecular weight is 1000 g/mol. The van der Waals surface area contributed by atoms with Gasteiger partial charge in [-0.1, -0.05) is 184 Å². The van der Waals surface area contributed by atoms with Crippen LogP contribution in [0, 0.1) is 0 Å². The highest BCUT2D eigenvalue weighted by atomic mass is 16.3. The smallest absolute Gasteiger partial charge is 0.135 e. The van der Waals surface area contributed by atoms with Gasteiger partial charge in [0, 0.05) is 10.8 Å². The molecule has 1 aromatic heterocycles. The zero-order valence-electron chi connectivity index (χ0n) is 44.2. The number of fused-ring (bicyclic) bond motifs is 8. The molecule has 0 amide bonds. The number of furan rings is 1. The molecule has 0 spiro atoms. The van der Waals surface area contributed by atoms with Gasteiger partial charge in [0.25, 0.3) is 0 Å². The van der Waals surface area contributed by atoms with Crippen LogP contribution < -0.4 is 71.0 Å².